The smallest absolute Gasteiger partial charge is 0.220 e. The Labute approximate surface area is 132 Å². The number of rotatable bonds is 6. The van der Waals surface area contributed by atoms with Gasteiger partial charge < -0.3 is 10.1 Å². The van der Waals surface area contributed by atoms with Crippen molar-refractivity contribution in [1.82, 2.24) is 5.32 Å². The first-order chi connectivity index (χ1) is 10.6. The van der Waals surface area contributed by atoms with Gasteiger partial charge in [0.05, 0.1) is 13.2 Å². The lowest BCUT2D eigenvalue weighted by molar-refractivity contribution is -0.121. The van der Waals surface area contributed by atoms with Gasteiger partial charge in [0.2, 0.25) is 5.91 Å². The highest BCUT2D eigenvalue weighted by Gasteiger charge is 2.11. The quantitative estimate of drug-likeness (QED) is 0.880. The Morgan fingerprint density at radius 2 is 1.82 bits per heavy atom. The number of benzene rings is 2. The van der Waals surface area contributed by atoms with Crippen molar-refractivity contribution in [1.29, 1.82) is 0 Å². The van der Waals surface area contributed by atoms with Crippen LogP contribution in [0.2, 0.25) is 0 Å². The van der Waals surface area contributed by atoms with Crippen molar-refractivity contribution in [3.05, 3.63) is 65.2 Å². The highest BCUT2D eigenvalue weighted by molar-refractivity contribution is 5.76. The van der Waals surface area contributed by atoms with E-state index in [0.717, 1.165) is 17.7 Å². The highest BCUT2D eigenvalue weighted by Crippen LogP contribution is 2.17. The first kappa shape index (κ1) is 16.1. The molecule has 0 aliphatic heterocycles. The molecule has 1 unspecified atom stereocenters. The molecule has 3 heteroatoms. The Kier molecular flexibility index (Phi) is 5.59. The molecule has 0 heterocycles. The maximum atomic E-state index is 12.1. The standard InChI is InChI=1S/C19H23NO2/c1-14-6-4-5-7-18(14)15(2)20-19(21)13-10-16-8-11-17(22-3)12-9-16/h4-9,11-12,15H,10,13H2,1-3H3,(H,20,21). The van der Waals surface area contributed by atoms with Crippen molar-refractivity contribution in [2.24, 2.45) is 0 Å². The minimum Gasteiger partial charge on any atom is -0.497 e. The van der Waals surface area contributed by atoms with Gasteiger partial charge in [0.1, 0.15) is 5.75 Å². The third-order valence-electron chi connectivity index (χ3n) is 3.83. The van der Waals surface area contributed by atoms with Gasteiger partial charge in [-0.05, 0) is 49.1 Å². The van der Waals surface area contributed by atoms with Crippen LogP contribution in [-0.4, -0.2) is 13.0 Å². The summed E-state index contributed by atoms with van der Waals surface area (Å²) < 4.78 is 5.13. The number of hydrogen-bond acceptors (Lipinski definition) is 2. The summed E-state index contributed by atoms with van der Waals surface area (Å²) in [6.45, 7) is 4.09. The second kappa shape index (κ2) is 7.64. The lowest BCUT2D eigenvalue weighted by atomic mass is 10.0. The van der Waals surface area contributed by atoms with E-state index in [4.69, 9.17) is 4.74 Å². The van der Waals surface area contributed by atoms with Gasteiger partial charge in [0, 0.05) is 6.42 Å². The molecule has 0 saturated heterocycles. The van der Waals surface area contributed by atoms with Crippen LogP contribution in [0.25, 0.3) is 0 Å². The van der Waals surface area contributed by atoms with Gasteiger partial charge in [0.25, 0.3) is 0 Å². The SMILES string of the molecule is COc1ccc(CCC(=O)NC(C)c2ccccc2C)cc1. The summed E-state index contributed by atoms with van der Waals surface area (Å²) in [4.78, 5) is 12.1. The van der Waals surface area contributed by atoms with Crippen LogP contribution in [0.4, 0.5) is 0 Å². The molecule has 1 atom stereocenters. The van der Waals surface area contributed by atoms with E-state index in [2.05, 4.69) is 24.4 Å². The van der Waals surface area contributed by atoms with Gasteiger partial charge in [-0.15, -0.1) is 0 Å². The maximum Gasteiger partial charge on any atom is 0.220 e. The number of ether oxygens (including phenoxy) is 1. The van der Waals surface area contributed by atoms with E-state index in [1.165, 1.54) is 11.1 Å². The molecule has 2 rings (SSSR count). The summed E-state index contributed by atoms with van der Waals surface area (Å²) in [6, 6.07) is 16.0. The van der Waals surface area contributed by atoms with Crippen LogP contribution in [0.15, 0.2) is 48.5 Å². The normalized spacial score (nSPS) is 11.8. The molecule has 0 radical (unpaired) electrons. The average molecular weight is 297 g/mol. The van der Waals surface area contributed by atoms with E-state index >= 15 is 0 Å². The zero-order chi connectivity index (χ0) is 15.9. The molecule has 1 N–H and O–H groups in total. The zero-order valence-electron chi connectivity index (χ0n) is 13.4. The van der Waals surface area contributed by atoms with Gasteiger partial charge >= 0.3 is 0 Å². The number of carbonyl (C=O) groups excluding carboxylic acids is 1. The first-order valence-corrected chi connectivity index (χ1v) is 7.58. The van der Waals surface area contributed by atoms with Crippen molar-refractivity contribution in [3.63, 3.8) is 0 Å². The molecular weight excluding hydrogens is 274 g/mol. The van der Waals surface area contributed by atoms with Crippen molar-refractivity contribution < 1.29 is 9.53 Å². The van der Waals surface area contributed by atoms with Crippen molar-refractivity contribution in [2.45, 2.75) is 32.7 Å². The molecule has 116 valence electrons. The van der Waals surface area contributed by atoms with Gasteiger partial charge in [-0.2, -0.15) is 0 Å². The predicted octanol–water partition coefficient (Wildman–Crippen LogP) is 3.81. The molecule has 0 aromatic heterocycles. The summed E-state index contributed by atoms with van der Waals surface area (Å²) in [5, 5.41) is 3.07. The highest BCUT2D eigenvalue weighted by atomic mass is 16.5. The fourth-order valence-corrected chi connectivity index (χ4v) is 2.51. The number of carbonyl (C=O) groups is 1. The Morgan fingerprint density at radius 3 is 2.45 bits per heavy atom. The molecule has 22 heavy (non-hydrogen) atoms. The minimum absolute atomic E-state index is 0.0320. The van der Waals surface area contributed by atoms with Crippen molar-refractivity contribution in [2.75, 3.05) is 7.11 Å². The van der Waals surface area contributed by atoms with Crippen molar-refractivity contribution in [3.8, 4) is 5.75 Å². The fourth-order valence-electron chi connectivity index (χ4n) is 2.51. The molecule has 0 aliphatic rings. The average Bonchev–Trinajstić information content (AvgIpc) is 2.53. The molecule has 3 nitrogen and oxygen atoms in total. The largest absolute Gasteiger partial charge is 0.497 e. The van der Waals surface area contributed by atoms with E-state index < -0.39 is 0 Å². The number of hydrogen-bond donors (Lipinski definition) is 1. The van der Waals surface area contributed by atoms with Gasteiger partial charge in [-0.25, -0.2) is 0 Å². The van der Waals surface area contributed by atoms with Crippen molar-refractivity contribution >= 4 is 5.91 Å². The molecular formula is C19H23NO2. The molecule has 0 aliphatic carbocycles. The topological polar surface area (TPSA) is 38.3 Å². The lowest BCUT2D eigenvalue weighted by Crippen LogP contribution is -2.27. The summed E-state index contributed by atoms with van der Waals surface area (Å²) in [6.07, 6.45) is 1.22. The van der Waals surface area contributed by atoms with E-state index in [9.17, 15) is 4.79 Å². The van der Waals surface area contributed by atoms with E-state index in [0.29, 0.717) is 6.42 Å². The van der Waals surface area contributed by atoms with Crippen LogP contribution in [0.1, 0.15) is 36.1 Å². The molecule has 0 saturated carbocycles. The monoisotopic (exact) mass is 297 g/mol. The van der Waals surface area contributed by atoms with E-state index in [-0.39, 0.29) is 11.9 Å². The first-order valence-electron chi connectivity index (χ1n) is 7.58. The predicted molar refractivity (Wildman–Crippen MR) is 89.1 cm³/mol. The molecule has 0 bridgehead atoms. The number of nitrogens with one attached hydrogen (secondary N) is 1. The third-order valence-corrected chi connectivity index (χ3v) is 3.83. The van der Waals surface area contributed by atoms with Gasteiger partial charge in [-0.3, -0.25) is 4.79 Å². The molecule has 0 fully saturated rings. The van der Waals surface area contributed by atoms with Crippen LogP contribution in [0, 0.1) is 6.92 Å². The number of aryl methyl sites for hydroxylation is 2. The Bertz CT molecular complexity index is 620. The third kappa shape index (κ3) is 4.35. The van der Waals surface area contributed by atoms with Crippen LogP contribution >= 0.6 is 0 Å². The van der Waals surface area contributed by atoms with Gasteiger partial charge in [0.15, 0.2) is 0 Å². The summed E-state index contributed by atoms with van der Waals surface area (Å²) in [7, 11) is 1.65. The Balaban J connectivity index is 1.86. The van der Waals surface area contributed by atoms with Crippen LogP contribution in [-0.2, 0) is 11.2 Å². The number of methoxy groups -OCH3 is 1. The maximum absolute atomic E-state index is 12.1. The minimum atomic E-state index is 0.0320. The van der Waals surface area contributed by atoms with E-state index in [1.807, 2.05) is 43.3 Å². The van der Waals surface area contributed by atoms with Crippen LogP contribution in [0.5, 0.6) is 5.75 Å². The summed E-state index contributed by atoms with van der Waals surface area (Å²) >= 11 is 0. The van der Waals surface area contributed by atoms with Crippen LogP contribution in [0.3, 0.4) is 0 Å². The van der Waals surface area contributed by atoms with Crippen LogP contribution < -0.4 is 10.1 Å². The zero-order valence-corrected chi connectivity index (χ0v) is 13.4. The number of amides is 1. The molecule has 0 spiro atoms. The fraction of sp³-hybridized carbons (Fsp3) is 0.316. The van der Waals surface area contributed by atoms with E-state index in [1.54, 1.807) is 7.11 Å². The molecule has 2 aromatic carbocycles. The molecule has 2 aromatic rings. The second-order valence-corrected chi connectivity index (χ2v) is 5.49. The van der Waals surface area contributed by atoms with Gasteiger partial charge in [-0.1, -0.05) is 36.4 Å². The Morgan fingerprint density at radius 1 is 1.14 bits per heavy atom. The summed E-state index contributed by atoms with van der Waals surface area (Å²) in [5.74, 6) is 0.910. The lowest BCUT2D eigenvalue weighted by Gasteiger charge is -2.16. The summed E-state index contributed by atoms with van der Waals surface area (Å²) in [5.41, 5.74) is 3.50. The second-order valence-electron chi connectivity index (χ2n) is 5.49. The Hall–Kier alpha value is -2.29. The molecule has 1 amide bonds.